The molecule has 0 amide bonds. The summed E-state index contributed by atoms with van der Waals surface area (Å²) in [6, 6.07) is 7.70. The lowest BCUT2D eigenvalue weighted by molar-refractivity contribution is 0.425. The van der Waals surface area contributed by atoms with Crippen molar-refractivity contribution in [3.8, 4) is 22.8 Å². The lowest BCUT2D eigenvalue weighted by Gasteiger charge is -2.01. The largest absolute Gasteiger partial charge is 0.334 e. The quantitative estimate of drug-likeness (QED) is 0.684. The summed E-state index contributed by atoms with van der Waals surface area (Å²) in [5.74, 6) is 1.73. The van der Waals surface area contributed by atoms with Crippen LogP contribution < -0.4 is 0 Å². The third kappa shape index (κ3) is 1.77. The Morgan fingerprint density at radius 1 is 1.17 bits per heavy atom. The van der Waals surface area contributed by atoms with Gasteiger partial charge in [0.2, 0.25) is 0 Å². The molecule has 0 aliphatic heterocycles. The molecule has 3 rings (SSSR count). The van der Waals surface area contributed by atoms with E-state index in [0.717, 1.165) is 11.1 Å². The first-order chi connectivity index (χ1) is 8.74. The van der Waals surface area contributed by atoms with Crippen LogP contribution in [0.3, 0.4) is 0 Å². The van der Waals surface area contributed by atoms with Crippen LogP contribution in [0.2, 0.25) is 0 Å². The maximum atomic E-state index is 5.20. The Kier molecular flexibility index (Phi) is 2.40. The number of aromatic nitrogens is 5. The van der Waals surface area contributed by atoms with Crippen LogP contribution in [-0.2, 0) is 7.05 Å². The van der Waals surface area contributed by atoms with Gasteiger partial charge in [-0.05, 0) is 13.0 Å². The summed E-state index contributed by atoms with van der Waals surface area (Å²) in [4.78, 5) is 8.47. The molecule has 0 aliphatic rings. The molecule has 0 aliphatic carbocycles. The van der Waals surface area contributed by atoms with Gasteiger partial charge in [-0.1, -0.05) is 23.4 Å². The Morgan fingerprint density at radius 2 is 1.94 bits per heavy atom. The molecule has 90 valence electrons. The molecule has 6 heteroatoms. The van der Waals surface area contributed by atoms with Crippen molar-refractivity contribution in [3.63, 3.8) is 0 Å². The van der Waals surface area contributed by atoms with E-state index < -0.39 is 0 Å². The standard InChI is InChI=1S/C12H11N5O/c1-8-14-12(18-16-8)10-6-4-3-5-9(10)11-13-7-17(2)15-11/h3-7H,1-2H3. The lowest BCUT2D eigenvalue weighted by atomic mass is 10.1. The molecule has 0 saturated carbocycles. The van der Waals surface area contributed by atoms with Crippen molar-refractivity contribution in [3.05, 3.63) is 36.4 Å². The van der Waals surface area contributed by atoms with Gasteiger partial charge in [0.15, 0.2) is 11.6 Å². The zero-order chi connectivity index (χ0) is 12.5. The molecular formula is C12H11N5O. The SMILES string of the molecule is Cc1noc(-c2ccccc2-c2ncn(C)n2)n1. The molecule has 1 aromatic carbocycles. The van der Waals surface area contributed by atoms with Gasteiger partial charge in [-0.3, -0.25) is 4.68 Å². The zero-order valence-corrected chi connectivity index (χ0v) is 10.0. The second kappa shape index (κ2) is 4.06. The van der Waals surface area contributed by atoms with E-state index in [0.29, 0.717) is 17.5 Å². The maximum absolute atomic E-state index is 5.20. The number of benzene rings is 1. The number of aryl methyl sites for hydroxylation is 2. The van der Waals surface area contributed by atoms with Gasteiger partial charge in [0.1, 0.15) is 6.33 Å². The van der Waals surface area contributed by atoms with Gasteiger partial charge in [0.05, 0.1) is 5.56 Å². The van der Waals surface area contributed by atoms with Crippen LogP contribution in [-0.4, -0.2) is 24.9 Å². The summed E-state index contributed by atoms with van der Waals surface area (Å²) < 4.78 is 6.85. The fourth-order valence-corrected chi connectivity index (χ4v) is 1.73. The highest BCUT2D eigenvalue weighted by Gasteiger charge is 2.14. The third-order valence-electron chi connectivity index (χ3n) is 2.53. The zero-order valence-electron chi connectivity index (χ0n) is 10.0. The van der Waals surface area contributed by atoms with Crippen molar-refractivity contribution in [2.45, 2.75) is 6.92 Å². The molecule has 0 spiro atoms. The lowest BCUT2D eigenvalue weighted by Crippen LogP contribution is -1.90. The Labute approximate surface area is 103 Å². The Bertz CT molecular complexity index is 626. The number of hydrogen-bond acceptors (Lipinski definition) is 5. The van der Waals surface area contributed by atoms with Gasteiger partial charge in [-0.25, -0.2) is 4.98 Å². The van der Waals surface area contributed by atoms with Gasteiger partial charge < -0.3 is 4.52 Å². The fraction of sp³-hybridized carbons (Fsp3) is 0.167. The van der Waals surface area contributed by atoms with E-state index in [4.69, 9.17) is 4.52 Å². The number of hydrogen-bond donors (Lipinski definition) is 0. The van der Waals surface area contributed by atoms with E-state index in [1.54, 1.807) is 17.9 Å². The van der Waals surface area contributed by atoms with Crippen LogP contribution in [0, 0.1) is 6.92 Å². The van der Waals surface area contributed by atoms with E-state index in [2.05, 4.69) is 20.2 Å². The minimum Gasteiger partial charge on any atom is -0.334 e. The molecule has 2 aromatic heterocycles. The molecule has 0 saturated heterocycles. The van der Waals surface area contributed by atoms with E-state index in [1.165, 1.54) is 0 Å². The predicted octanol–water partition coefficient (Wildman–Crippen LogP) is 1.84. The summed E-state index contributed by atoms with van der Waals surface area (Å²) >= 11 is 0. The van der Waals surface area contributed by atoms with E-state index in [9.17, 15) is 0 Å². The highest BCUT2D eigenvalue weighted by atomic mass is 16.5. The number of rotatable bonds is 2. The molecule has 6 nitrogen and oxygen atoms in total. The molecule has 0 atom stereocenters. The van der Waals surface area contributed by atoms with Crippen LogP contribution in [0.4, 0.5) is 0 Å². The first-order valence-corrected chi connectivity index (χ1v) is 5.50. The highest BCUT2D eigenvalue weighted by molar-refractivity contribution is 5.75. The predicted molar refractivity (Wildman–Crippen MR) is 64.5 cm³/mol. The molecule has 0 bridgehead atoms. The monoisotopic (exact) mass is 241 g/mol. The van der Waals surface area contributed by atoms with Crippen molar-refractivity contribution in [2.75, 3.05) is 0 Å². The van der Waals surface area contributed by atoms with Gasteiger partial charge in [-0.15, -0.1) is 0 Å². The average Bonchev–Trinajstić information content (AvgIpc) is 2.98. The van der Waals surface area contributed by atoms with Gasteiger partial charge in [0, 0.05) is 12.6 Å². The summed E-state index contributed by atoms with van der Waals surface area (Å²) in [5.41, 5.74) is 1.71. The van der Waals surface area contributed by atoms with E-state index in [1.807, 2.05) is 31.3 Å². The van der Waals surface area contributed by atoms with Crippen molar-refractivity contribution in [1.82, 2.24) is 24.9 Å². The van der Waals surface area contributed by atoms with Crippen molar-refractivity contribution in [2.24, 2.45) is 7.05 Å². The molecule has 0 radical (unpaired) electrons. The van der Waals surface area contributed by atoms with Crippen molar-refractivity contribution >= 4 is 0 Å². The molecule has 3 aromatic rings. The van der Waals surface area contributed by atoms with Crippen LogP contribution in [0.5, 0.6) is 0 Å². The molecule has 0 N–H and O–H groups in total. The normalized spacial score (nSPS) is 10.8. The second-order valence-electron chi connectivity index (χ2n) is 3.93. The maximum Gasteiger partial charge on any atom is 0.258 e. The smallest absolute Gasteiger partial charge is 0.258 e. The molecular weight excluding hydrogens is 230 g/mol. The van der Waals surface area contributed by atoms with Gasteiger partial charge in [0.25, 0.3) is 5.89 Å². The molecule has 2 heterocycles. The van der Waals surface area contributed by atoms with Crippen LogP contribution >= 0.6 is 0 Å². The minimum atomic E-state index is 0.482. The van der Waals surface area contributed by atoms with Crippen LogP contribution in [0.15, 0.2) is 35.1 Å². The first-order valence-electron chi connectivity index (χ1n) is 5.50. The van der Waals surface area contributed by atoms with Crippen LogP contribution in [0.25, 0.3) is 22.8 Å². The van der Waals surface area contributed by atoms with Gasteiger partial charge >= 0.3 is 0 Å². The average molecular weight is 241 g/mol. The Hall–Kier alpha value is -2.50. The first kappa shape index (κ1) is 10.6. The Morgan fingerprint density at radius 3 is 2.56 bits per heavy atom. The Balaban J connectivity index is 2.16. The van der Waals surface area contributed by atoms with Gasteiger partial charge in [-0.2, -0.15) is 10.1 Å². The summed E-state index contributed by atoms with van der Waals surface area (Å²) in [7, 11) is 1.83. The highest BCUT2D eigenvalue weighted by Crippen LogP contribution is 2.28. The summed E-state index contributed by atoms with van der Waals surface area (Å²) in [6.07, 6.45) is 1.66. The topological polar surface area (TPSA) is 69.6 Å². The third-order valence-corrected chi connectivity index (χ3v) is 2.53. The fourth-order valence-electron chi connectivity index (χ4n) is 1.73. The molecule has 0 fully saturated rings. The molecule has 18 heavy (non-hydrogen) atoms. The van der Waals surface area contributed by atoms with Crippen molar-refractivity contribution < 1.29 is 4.52 Å². The van der Waals surface area contributed by atoms with Crippen molar-refractivity contribution in [1.29, 1.82) is 0 Å². The van der Waals surface area contributed by atoms with E-state index in [-0.39, 0.29) is 0 Å². The second-order valence-corrected chi connectivity index (χ2v) is 3.93. The molecule has 0 unspecified atom stereocenters. The summed E-state index contributed by atoms with van der Waals surface area (Å²) in [6.45, 7) is 1.79. The summed E-state index contributed by atoms with van der Waals surface area (Å²) in [5, 5.41) is 8.09. The minimum absolute atomic E-state index is 0.482. The van der Waals surface area contributed by atoms with Crippen LogP contribution in [0.1, 0.15) is 5.82 Å². The number of nitrogens with zero attached hydrogens (tertiary/aromatic N) is 5. The van der Waals surface area contributed by atoms with E-state index >= 15 is 0 Å².